The first-order valence-electron chi connectivity index (χ1n) is 6.92. The van der Waals surface area contributed by atoms with Gasteiger partial charge in [0.25, 0.3) is 0 Å². The van der Waals surface area contributed by atoms with Crippen molar-refractivity contribution in [2.75, 3.05) is 13.2 Å². The van der Waals surface area contributed by atoms with Crippen LogP contribution in [0.5, 0.6) is 0 Å². The third kappa shape index (κ3) is 4.84. The molecule has 2 nitrogen and oxygen atoms in total. The summed E-state index contributed by atoms with van der Waals surface area (Å²) < 4.78 is 5.64. The zero-order chi connectivity index (χ0) is 12.0. The van der Waals surface area contributed by atoms with Crippen molar-refractivity contribution in [2.45, 2.75) is 64.8 Å². The van der Waals surface area contributed by atoms with Gasteiger partial charge in [-0.15, -0.1) is 0 Å². The lowest BCUT2D eigenvalue weighted by atomic mass is 9.75. The van der Waals surface area contributed by atoms with E-state index in [1.807, 2.05) is 0 Å². The van der Waals surface area contributed by atoms with Gasteiger partial charge in [-0.2, -0.15) is 0 Å². The Balaban J connectivity index is 2.16. The van der Waals surface area contributed by atoms with Crippen molar-refractivity contribution >= 4 is 0 Å². The molecule has 0 aromatic heterocycles. The molecule has 16 heavy (non-hydrogen) atoms. The van der Waals surface area contributed by atoms with E-state index < -0.39 is 0 Å². The van der Waals surface area contributed by atoms with Crippen LogP contribution in [0.4, 0.5) is 0 Å². The van der Waals surface area contributed by atoms with Crippen molar-refractivity contribution in [1.82, 2.24) is 0 Å². The second-order valence-corrected chi connectivity index (χ2v) is 5.93. The molecule has 1 rings (SSSR count). The van der Waals surface area contributed by atoms with Crippen LogP contribution >= 0.6 is 0 Å². The Bertz CT molecular complexity index is 183. The highest BCUT2D eigenvalue weighted by molar-refractivity contribution is 4.89. The van der Waals surface area contributed by atoms with Crippen molar-refractivity contribution in [2.24, 2.45) is 17.6 Å². The monoisotopic (exact) mass is 227 g/mol. The molecule has 96 valence electrons. The predicted molar refractivity (Wildman–Crippen MR) is 69.4 cm³/mol. The van der Waals surface area contributed by atoms with Gasteiger partial charge in [0.15, 0.2) is 0 Å². The number of ether oxygens (including phenoxy) is 1. The third-order valence-electron chi connectivity index (χ3n) is 3.87. The molecule has 0 bridgehead atoms. The van der Waals surface area contributed by atoms with Crippen molar-refractivity contribution in [3.63, 3.8) is 0 Å². The van der Waals surface area contributed by atoms with Gasteiger partial charge in [-0.05, 0) is 43.9 Å². The summed E-state index contributed by atoms with van der Waals surface area (Å²) in [5.74, 6) is 1.55. The Morgan fingerprint density at radius 3 is 2.44 bits per heavy atom. The fourth-order valence-electron chi connectivity index (χ4n) is 2.51. The van der Waals surface area contributed by atoms with Crippen LogP contribution in [0.15, 0.2) is 0 Å². The molecule has 1 saturated carbocycles. The molecule has 1 fully saturated rings. The summed E-state index contributed by atoms with van der Waals surface area (Å²) in [5, 5.41) is 0. The van der Waals surface area contributed by atoms with Gasteiger partial charge in [0.2, 0.25) is 0 Å². The summed E-state index contributed by atoms with van der Waals surface area (Å²) in [6.07, 6.45) is 7.37. The maximum absolute atomic E-state index is 6.41. The van der Waals surface area contributed by atoms with Gasteiger partial charge in [0.1, 0.15) is 0 Å². The summed E-state index contributed by atoms with van der Waals surface area (Å²) in [5.41, 5.74) is 6.48. The van der Waals surface area contributed by atoms with Crippen LogP contribution in [0.25, 0.3) is 0 Å². The first-order valence-corrected chi connectivity index (χ1v) is 6.92. The largest absolute Gasteiger partial charge is 0.381 e. The van der Waals surface area contributed by atoms with Gasteiger partial charge in [0, 0.05) is 18.8 Å². The maximum Gasteiger partial charge on any atom is 0.0489 e. The number of hydrogen-bond acceptors (Lipinski definition) is 2. The summed E-state index contributed by atoms with van der Waals surface area (Å²) in [7, 11) is 0. The van der Waals surface area contributed by atoms with E-state index >= 15 is 0 Å². The Hall–Kier alpha value is -0.0800. The van der Waals surface area contributed by atoms with Gasteiger partial charge in [-0.25, -0.2) is 0 Å². The molecule has 0 radical (unpaired) electrons. The zero-order valence-corrected chi connectivity index (χ0v) is 11.3. The van der Waals surface area contributed by atoms with Gasteiger partial charge in [-0.3, -0.25) is 0 Å². The minimum absolute atomic E-state index is 0.0721. The van der Waals surface area contributed by atoms with Crippen LogP contribution in [0.3, 0.4) is 0 Å². The van der Waals surface area contributed by atoms with Gasteiger partial charge in [0.05, 0.1) is 0 Å². The molecule has 2 heteroatoms. The van der Waals surface area contributed by atoms with E-state index in [9.17, 15) is 0 Å². The first-order chi connectivity index (χ1) is 7.56. The molecule has 0 aliphatic heterocycles. The Kier molecular flexibility index (Phi) is 5.77. The van der Waals surface area contributed by atoms with E-state index in [0.29, 0.717) is 5.92 Å². The highest BCUT2D eigenvalue weighted by Crippen LogP contribution is 2.33. The van der Waals surface area contributed by atoms with E-state index in [0.717, 1.165) is 25.6 Å². The molecule has 2 N–H and O–H groups in total. The summed E-state index contributed by atoms with van der Waals surface area (Å²) in [4.78, 5) is 0. The highest BCUT2D eigenvalue weighted by atomic mass is 16.5. The van der Waals surface area contributed by atoms with E-state index in [1.165, 1.54) is 32.1 Å². The van der Waals surface area contributed by atoms with E-state index in [2.05, 4.69) is 20.8 Å². The van der Waals surface area contributed by atoms with E-state index in [4.69, 9.17) is 10.5 Å². The quantitative estimate of drug-likeness (QED) is 0.706. The van der Waals surface area contributed by atoms with Crippen molar-refractivity contribution in [3.05, 3.63) is 0 Å². The molecule has 0 aromatic rings. The third-order valence-corrected chi connectivity index (χ3v) is 3.87. The minimum atomic E-state index is 0.0721. The fourth-order valence-corrected chi connectivity index (χ4v) is 2.51. The van der Waals surface area contributed by atoms with Crippen LogP contribution in [0.2, 0.25) is 0 Å². The first kappa shape index (κ1) is 14.0. The normalized spacial score (nSPS) is 30.9. The number of nitrogens with two attached hydrogens (primary N) is 1. The molecule has 1 aliphatic rings. The van der Waals surface area contributed by atoms with Crippen LogP contribution in [0, 0.1) is 11.8 Å². The molecule has 0 amide bonds. The zero-order valence-electron chi connectivity index (χ0n) is 11.3. The van der Waals surface area contributed by atoms with E-state index in [-0.39, 0.29) is 5.54 Å². The Morgan fingerprint density at radius 1 is 1.31 bits per heavy atom. The molecule has 0 atom stereocenters. The second-order valence-electron chi connectivity index (χ2n) is 5.93. The standard InChI is InChI=1S/C14H29NO/c1-4-13-5-7-14(15,8-6-13)9-10-16-11-12(2)3/h12-13H,4-11,15H2,1-3H3. The fraction of sp³-hybridized carbons (Fsp3) is 1.00. The average Bonchev–Trinajstić information content (AvgIpc) is 2.26. The van der Waals surface area contributed by atoms with Gasteiger partial charge < -0.3 is 10.5 Å². The van der Waals surface area contributed by atoms with E-state index in [1.54, 1.807) is 0 Å². The highest BCUT2D eigenvalue weighted by Gasteiger charge is 2.30. The Labute approximate surface area is 101 Å². The molecule has 0 heterocycles. The molecule has 0 saturated heterocycles. The molecular weight excluding hydrogens is 198 g/mol. The van der Waals surface area contributed by atoms with Crippen LogP contribution in [-0.2, 0) is 4.74 Å². The van der Waals surface area contributed by atoms with Crippen LogP contribution in [-0.4, -0.2) is 18.8 Å². The summed E-state index contributed by atoms with van der Waals surface area (Å²) in [6, 6.07) is 0. The average molecular weight is 227 g/mol. The molecule has 0 spiro atoms. The molecular formula is C14H29NO. The lowest BCUT2D eigenvalue weighted by molar-refractivity contribution is 0.0820. The predicted octanol–water partition coefficient (Wildman–Crippen LogP) is 3.35. The number of rotatable bonds is 6. The second kappa shape index (κ2) is 6.61. The maximum atomic E-state index is 6.41. The minimum Gasteiger partial charge on any atom is -0.381 e. The van der Waals surface area contributed by atoms with Crippen molar-refractivity contribution in [3.8, 4) is 0 Å². The molecule has 0 unspecified atom stereocenters. The van der Waals surface area contributed by atoms with Crippen LogP contribution < -0.4 is 5.73 Å². The topological polar surface area (TPSA) is 35.2 Å². The molecule has 1 aliphatic carbocycles. The van der Waals surface area contributed by atoms with Crippen LogP contribution in [0.1, 0.15) is 59.3 Å². The lowest BCUT2D eigenvalue weighted by Gasteiger charge is -2.37. The lowest BCUT2D eigenvalue weighted by Crippen LogP contribution is -2.44. The summed E-state index contributed by atoms with van der Waals surface area (Å²) >= 11 is 0. The molecule has 0 aromatic carbocycles. The summed E-state index contributed by atoms with van der Waals surface area (Å²) in [6.45, 7) is 8.37. The SMILES string of the molecule is CCC1CCC(N)(CCOCC(C)C)CC1. The smallest absolute Gasteiger partial charge is 0.0489 e. The van der Waals surface area contributed by atoms with Gasteiger partial charge >= 0.3 is 0 Å². The number of hydrogen-bond donors (Lipinski definition) is 1. The Morgan fingerprint density at radius 2 is 1.94 bits per heavy atom. The van der Waals surface area contributed by atoms with Crippen molar-refractivity contribution < 1.29 is 4.74 Å². The van der Waals surface area contributed by atoms with Gasteiger partial charge in [-0.1, -0.05) is 27.2 Å². The van der Waals surface area contributed by atoms with Crippen molar-refractivity contribution in [1.29, 1.82) is 0 Å².